The summed E-state index contributed by atoms with van der Waals surface area (Å²) in [6.07, 6.45) is 2.89. The van der Waals surface area contributed by atoms with Gasteiger partial charge in [-0.15, -0.1) is 0 Å². The molecule has 0 rings (SSSR count). The lowest BCUT2D eigenvalue weighted by Crippen LogP contribution is -1.87. The first-order valence-corrected chi connectivity index (χ1v) is 3.23. The second-order valence-electron chi connectivity index (χ2n) is 1.69. The zero-order valence-electron chi connectivity index (χ0n) is 4.97. The molecular formula is C5H10ClN2+. The molecule has 0 aliphatic carbocycles. The maximum absolute atomic E-state index is 8.05. The maximum Gasteiger partial charge on any atom is 0.387 e. The Morgan fingerprint density at radius 1 is 1.75 bits per heavy atom. The number of halogens is 1. The van der Waals surface area contributed by atoms with Gasteiger partial charge in [0.05, 0.1) is 0 Å². The summed E-state index contributed by atoms with van der Waals surface area (Å²) in [5, 5.41) is 8.05. The van der Waals surface area contributed by atoms with Crippen LogP contribution in [0.5, 0.6) is 0 Å². The number of diazo groups is 1. The van der Waals surface area contributed by atoms with Crippen molar-refractivity contribution < 1.29 is 0 Å². The highest BCUT2D eigenvalue weighted by Crippen LogP contribution is 2.07. The van der Waals surface area contributed by atoms with Gasteiger partial charge in [-0.05, 0) is 18.0 Å². The quantitative estimate of drug-likeness (QED) is 0.331. The molecule has 0 aromatic carbocycles. The van der Waals surface area contributed by atoms with E-state index in [0.717, 1.165) is 19.3 Å². The highest BCUT2D eigenvalue weighted by Gasteiger charge is 2.11. The average molecular weight is 134 g/mol. The highest BCUT2D eigenvalue weighted by molar-refractivity contribution is 6.21. The van der Waals surface area contributed by atoms with Crippen LogP contribution < -0.4 is 0 Å². The van der Waals surface area contributed by atoms with Gasteiger partial charge in [0.15, 0.2) is 0 Å². The molecule has 3 heteroatoms. The lowest BCUT2D eigenvalue weighted by molar-refractivity contribution is 0.727. The third-order valence-electron chi connectivity index (χ3n) is 0.921. The number of alkyl halides is 1. The first-order chi connectivity index (χ1) is 3.81. The van der Waals surface area contributed by atoms with Crippen molar-refractivity contribution in [2.45, 2.75) is 31.7 Å². The van der Waals surface area contributed by atoms with E-state index in [1.807, 2.05) is 0 Å². The van der Waals surface area contributed by atoms with Gasteiger partial charge in [-0.2, -0.15) is 0 Å². The first kappa shape index (κ1) is 7.71. The molecule has 46 valence electrons. The van der Waals surface area contributed by atoms with Crippen molar-refractivity contribution >= 4 is 11.6 Å². The van der Waals surface area contributed by atoms with Crippen molar-refractivity contribution in [2.24, 2.45) is 0 Å². The molecular weight excluding hydrogens is 124 g/mol. The van der Waals surface area contributed by atoms with Crippen LogP contribution in [0.2, 0.25) is 0 Å². The van der Waals surface area contributed by atoms with E-state index in [0.29, 0.717) is 0 Å². The summed E-state index contributed by atoms with van der Waals surface area (Å²) in [7, 11) is 0. The Bertz CT molecular complexity index is 86.9. The summed E-state index contributed by atoms with van der Waals surface area (Å²) in [4.78, 5) is 2.89. The molecule has 0 radical (unpaired) electrons. The van der Waals surface area contributed by atoms with E-state index in [2.05, 4.69) is 11.9 Å². The van der Waals surface area contributed by atoms with Gasteiger partial charge in [0, 0.05) is 6.42 Å². The minimum Gasteiger partial charge on any atom is -0.0654 e. The largest absolute Gasteiger partial charge is 0.387 e. The Morgan fingerprint density at radius 3 is 2.75 bits per heavy atom. The smallest absolute Gasteiger partial charge is 0.0654 e. The summed E-state index contributed by atoms with van der Waals surface area (Å²) in [5.74, 6) is 0. The van der Waals surface area contributed by atoms with Crippen LogP contribution in [-0.4, -0.2) is 5.50 Å². The Morgan fingerprint density at radius 2 is 2.38 bits per heavy atom. The summed E-state index contributed by atoms with van der Waals surface area (Å²) in [6, 6.07) is 0. The van der Waals surface area contributed by atoms with Gasteiger partial charge in [-0.25, -0.2) is 0 Å². The Labute approximate surface area is 54.5 Å². The van der Waals surface area contributed by atoms with Gasteiger partial charge in [-0.1, -0.05) is 13.3 Å². The summed E-state index contributed by atoms with van der Waals surface area (Å²) >= 11 is 5.43. The molecule has 0 amide bonds. The monoisotopic (exact) mass is 133 g/mol. The van der Waals surface area contributed by atoms with Crippen LogP contribution in [0, 0.1) is 5.39 Å². The topological polar surface area (TPSA) is 28.1 Å². The van der Waals surface area contributed by atoms with Crippen LogP contribution in [0.15, 0.2) is 0 Å². The Kier molecular flexibility index (Phi) is 4.68. The lowest BCUT2D eigenvalue weighted by atomic mass is 10.2. The normalized spacial score (nSPS) is 12.6. The molecule has 0 aliphatic heterocycles. The van der Waals surface area contributed by atoms with Gasteiger partial charge in [0.2, 0.25) is 5.39 Å². The molecule has 0 bridgehead atoms. The minimum absolute atomic E-state index is 0.394. The van der Waals surface area contributed by atoms with Gasteiger partial charge in [-0.3, -0.25) is 0 Å². The second kappa shape index (κ2) is 4.86. The third kappa shape index (κ3) is 3.89. The fourth-order valence-corrected chi connectivity index (χ4v) is 0.585. The number of hydrogen-bond acceptors (Lipinski definition) is 1. The van der Waals surface area contributed by atoms with E-state index in [1.165, 1.54) is 0 Å². The molecule has 0 saturated carbocycles. The molecule has 0 fully saturated rings. The molecule has 1 atom stereocenters. The predicted octanol–water partition coefficient (Wildman–Crippen LogP) is 2.59. The second-order valence-corrected chi connectivity index (χ2v) is 2.20. The Balaban J connectivity index is 3.02. The lowest BCUT2D eigenvalue weighted by Gasteiger charge is -1.85. The van der Waals surface area contributed by atoms with E-state index in [9.17, 15) is 0 Å². The first-order valence-electron chi connectivity index (χ1n) is 2.79. The fraction of sp³-hybridized carbons (Fsp3) is 1.00. The Hall–Kier alpha value is -0.290. The van der Waals surface area contributed by atoms with Crippen molar-refractivity contribution in [1.82, 2.24) is 0 Å². The number of unbranched alkanes of at least 4 members (excludes halogenated alkanes) is 1. The van der Waals surface area contributed by atoms with Crippen LogP contribution in [0.4, 0.5) is 0 Å². The summed E-state index contributed by atoms with van der Waals surface area (Å²) < 4.78 is 0. The SMILES string of the molecule is CCCCC(Cl)[N+]#N. The minimum atomic E-state index is -0.394. The summed E-state index contributed by atoms with van der Waals surface area (Å²) in [6.45, 7) is 2.07. The van der Waals surface area contributed by atoms with Gasteiger partial charge in [0.1, 0.15) is 4.98 Å². The van der Waals surface area contributed by atoms with Crippen LogP contribution in [0.3, 0.4) is 0 Å². The van der Waals surface area contributed by atoms with Gasteiger partial charge < -0.3 is 0 Å². The molecule has 1 unspecified atom stereocenters. The molecule has 2 nitrogen and oxygen atoms in total. The van der Waals surface area contributed by atoms with Crippen LogP contribution >= 0.6 is 11.6 Å². The van der Waals surface area contributed by atoms with Crippen molar-refractivity contribution in [3.8, 4) is 0 Å². The third-order valence-corrected chi connectivity index (χ3v) is 1.23. The van der Waals surface area contributed by atoms with Gasteiger partial charge >= 0.3 is 5.50 Å². The summed E-state index contributed by atoms with van der Waals surface area (Å²) in [5.41, 5.74) is -0.394. The van der Waals surface area contributed by atoms with Gasteiger partial charge in [0.25, 0.3) is 0 Å². The average Bonchev–Trinajstić information content (AvgIpc) is 1.83. The van der Waals surface area contributed by atoms with E-state index in [-0.39, 0.29) is 0 Å². The molecule has 0 aromatic rings. The van der Waals surface area contributed by atoms with Crippen LogP contribution in [0.25, 0.3) is 4.98 Å². The van der Waals surface area contributed by atoms with E-state index < -0.39 is 5.50 Å². The van der Waals surface area contributed by atoms with E-state index in [4.69, 9.17) is 17.0 Å². The van der Waals surface area contributed by atoms with Crippen LogP contribution in [0.1, 0.15) is 26.2 Å². The van der Waals surface area contributed by atoms with Crippen molar-refractivity contribution in [3.05, 3.63) is 4.98 Å². The highest BCUT2D eigenvalue weighted by atomic mass is 35.5. The standard InChI is InChI=1S/C5H10ClN2/c1-2-3-4-5(6)8-7/h5H,2-4H2,1H3/q+1. The van der Waals surface area contributed by atoms with Crippen molar-refractivity contribution in [3.63, 3.8) is 0 Å². The predicted molar refractivity (Wildman–Crippen MR) is 34.2 cm³/mol. The van der Waals surface area contributed by atoms with Crippen molar-refractivity contribution in [1.29, 1.82) is 5.39 Å². The molecule has 0 spiro atoms. The molecule has 0 heterocycles. The number of hydrogen-bond donors (Lipinski definition) is 0. The molecule has 8 heavy (non-hydrogen) atoms. The maximum atomic E-state index is 8.05. The zero-order chi connectivity index (χ0) is 6.41. The zero-order valence-corrected chi connectivity index (χ0v) is 5.73. The number of nitrogens with zero attached hydrogens (tertiary/aromatic N) is 2. The molecule has 0 N–H and O–H groups in total. The van der Waals surface area contributed by atoms with E-state index in [1.54, 1.807) is 0 Å². The van der Waals surface area contributed by atoms with Crippen LogP contribution in [-0.2, 0) is 0 Å². The molecule has 0 aliphatic rings. The van der Waals surface area contributed by atoms with E-state index >= 15 is 0 Å². The number of rotatable bonds is 3. The van der Waals surface area contributed by atoms with Crippen molar-refractivity contribution in [2.75, 3.05) is 0 Å². The fourth-order valence-electron chi connectivity index (χ4n) is 0.430. The molecule has 0 saturated heterocycles. The molecule has 0 aromatic heterocycles.